The van der Waals surface area contributed by atoms with Crippen molar-refractivity contribution in [2.24, 2.45) is 0 Å². The Balaban J connectivity index is 2.11. The quantitative estimate of drug-likeness (QED) is 0.599. The maximum Gasteiger partial charge on any atom is 0.416 e. The molecule has 1 unspecified atom stereocenters. The van der Waals surface area contributed by atoms with E-state index >= 15 is 0 Å². The molecule has 10 heteroatoms. The molecule has 7 nitrogen and oxygen atoms in total. The summed E-state index contributed by atoms with van der Waals surface area (Å²) in [6, 6.07) is 12.6. The van der Waals surface area contributed by atoms with Crippen LogP contribution in [0.3, 0.4) is 0 Å². The fraction of sp³-hybridized carbons (Fsp3) is 0.348. The lowest BCUT2D eigenvalue weighted by Crippen LogP contribution is -2.38. The highest BCUT2D eigenvalue weighted by Gasteiger charge is 2.31. The van der Waals surface area contributed by atoms with Crippen LogP contribution < -0.4 is 10.6 Å². The molecule has 0 saturated heterocycles. The molecule has 2 N–H and O–H groups in total. The maximum atomic E-state index is 12.9. The van der Waals surface area contributed by atoms with Gasteiger partial charge in [0.2, 0.25) is 6.10 Å². The molecule has 178 valence electrons. The molecule has 0 bridgehead atoms. The van der Waals surface area contributed by atoms with Crippen LogP contribution in [0.4, 0.5) is 18.0 Å². The molecule has 0 saturated carbocycles. The van der Waals surface area contributed by atoms with Crippen molar-refractivity contribution in [2.45, 2.75) is 45.2 Å². The van der Waals surface area contributed by atoms with Crippen molar-refractivity contribution in [1.29, 1.82) is 0 Å². The van der Waals surface area contributed by atoms with E-state index in [1.165, 1.54) is 0 Å². The Morgan fingerprint density at radius 2 is 1.52 bits per heavy atom. The summed E-state index contributed by atoms with van der Waals surface area (Å²) in [6.07, 6.45) is -6.94. The van der Waals surface area contributed by atoms with Crippen LogP contribution in [0.1, 0.15) is 43.6 Å². The first-order valence-electron chi connectivity index (χ1n) is 10.0. The summed E-state index contributed by atoms with van der Waals surface area (Å²) in [7, 11) is 0. The number of alkyl carbamates (subject to hydrolysis) is 1. The van der Waals surface area contributed by atoms with Gasteiger partial charge in [-0.15, -0.1) is 0 Å². The fourth-order valence-electron chi connectivity index (χ4n) is 2.63. The molecule has 2 aromatic rings. The lowest BCUT2D eigenvalue weighted by Gasteiger charge is -2.21. The van der Waals surface area contributed by atoms with Crippen LogP contribution in [0, 0.1) is 0 Å². The monoisotopic (exact) mass is 466 g/mol. The minimum absolute atomic E-state index is 0.0409. The Kier molecular flexibility index (Phi) is 8.44. The van der Waals surface area contributed by atoms with Crippen molar-refractivity contribution < 1.29 is 37.0 Å². The average Bonchev–Trinajstić information content (AvgIpc) is 2.73. The van der Waals surface area contributed by atoms with Crippen molar-refractivity contribution in [2.75, 3.05) is 6.54 Å². The van der Waals surface area contributed by atoms with Gasteiger partial charge < -0.3 is 20.1 Å². The zero-order valence-electron chi connectivity index (χ0n) is 18.4. The third-order valence-corrected chi connectivity index (χ3v) is 4.11. The Labute approximate surface area is 189 Å². The zero-order chi connectivity index (χ0) is 24.6. The number of nitrogens with one attached hydrogen (secondary N) is 2. The van der Waals surface area contributed by atoms with Crippen LogP contribution >= 0.6 is 0 Å². The van der Waals surface area contributed by atoms with Gasteiger partial charge >= 0.3 is 18.2 Å². The van der Waals surface area contributed by atoms with Crippen LogP contribution in [-0.4, -0.2) is 30.1 Å². The number of benzene rings is 2. The second-order valence-corrected chi connectivity index (χ2v) is 8.05. The van der Waals surface area contributed by atoms with Gasteiger partial charge in [0.15, 0.2) is 0 Å². The second-order valence-electron chi connectivity index (χ2n) is 8.05. The molecule has 0 spiro atoms. The predicted molar refractivity (Wildman–Crippen MR) is 113 cm³/mol. The maximum absolute atomic E-state index is 12.9. The van der Waals surface area contributed by atoms with Crippen LogP contribution in [-0.2, 0) is 31.8 Å². The first-order chi connectivity index (χ1) is 15.3. The van der Waals surface area contributed by atoms with Gasteiger partial charge in [0.1, 0.15) is 12.1 Å². The molecule has 0 radical (unpaired) electrons. The molecule has 0 aliphatic rings. The van der Waals surface area contributed by atoms with Gasteiger partial charge in [0.25, 0.3) is 5.91 Å². The summed E-state index contributed by atoms with van der Waals surface area (Å²) >= 11 is 0. The number of carbonyl (C=O) groups is 3. The molecule has 0 aromatic heterocycles. The minimum Gasteiger partial charge on any atom is -0.446 e. The minimum atomic E-state index is -4.56. The Bertz CT molecular complexity index is 955. The van der Waals surface area contributed by atoms with Gasteiger partial charge in [0.05, 0.1) is 5.56 Å². The van der Waals surface area contributed by atoms with Crippen molar-refractivity contribution in [3.8, 4) is 0 Å². The van der Waals surface area contributed by atoms with Gasteiger partial charge in [-0.3, -0.25) is 9.59 Å². The largest absolute Gasteiger partial charge is 0.446 e. The Hall–Kier alpha value is -3.56. The number of rotatable bonds is 7. The molecule has 2 amide bonds. The molecule has 0 heterocycles. The standard InChI is InChI=1S/C23H25F3N2O5/c1-22(2,3)33-21(31)28-14-18(29)32-19(16-9-11-17(12-10-16)23(24,25)26)20(30)27-13-15-7-5-4-6-8-15/h4-12,19H,13-14H2,1-3H3,(H,27,30)(H,28,31). The van der Waals surface area contributed by atoms with Crippen molar-refractivity contribution >= 4 is 18.0 Å². The van der Waals surface area contributed by atoms with E-state index in [2.05, 4.69) is 10.6 Å². The summed E-state index contributed by atoms with van der Waals surface area (Å²) < 4.78 is 48.8. The SMILES string of the molecule is CC(C)(C)OC(=O)NCC(=O)OC(C(=O)NCc1ccccc1)c1ccc(C(F)(F)F)cc1. The molecule has 0 aliphatic carbocycles. The summed E-state index contributed by atoms with van der Waals surface area (Å²) in [4.78, 5) is 36.7. The number of hydrogen-bond donors (Lipinski definition) is 2. The third-order valence-electron chi connectivity index (χ3n) is 4.11. The number of esters is 1. The second kappa shape index (κ2) is 10.8. The average molecular weight is 466 g/mol. The summed E-state index contributed by atoms with van der Waals surface area (Å²) in [6.45, 7) is 4.44. The molecule has 1 atom stereocenters. The van der Waals surface area contributed by atoms with E-state index in [0.717, 1.165) is 29.8 Å². The summed E-state index contributed by atoms with van der Waals surface area (Å²) in [5, 5.41) is 4.80. The number of alkyl halides is 3. The number of ether oxygens (including phenoxy) is 2. The van der Waals surface area contributed by atoms with E-state index in [-0.39, 0.29) is 12.1 Å². The first-order valence-corrected chi connectivity index (χ1v) is 10.0. The van der Waals surface area contributed by atoms with E-state index in [1.807, 2.05) is 0 Å². The summed E-state index contributed by atoms with van der Waals surface area (Å²) in [5.41, 5.74) is -0.879. The first kappa shape index (κ1) is 25.7. The smallest absolute Gasteiger partial charge is 0.416 e. The van der Waals surface area contributed by atoms with Gasteiger partial charge in [-0.1, -0.05) is 42.5 Å². The van der Waals surface area contributed by atoms with E-state index in [9.17, 15) is 27.6 Å². The molecule has 0 fully saturated rings. The highest BCUT2D eigenvalue weighted by atomic mass is 19.4. The lowest BCUT2D eigenvalue weighted by molar-refractivity contribution is -0.155. The zero-order valence-corrected chi connectivity index (χ0v) is 18.4. The van der Waals surface area contributed by atoms with Gasteiger partial charge in [-0.05, 0) is 38.5 Å². The topological polar surface area (TPSA) is 93.7 Å². The van der Waals surface area contributed by atoms with E-state index in [1.54, 1.807) is 51.1 Å². The highest BCUT2D eigenvalue weighted by molar-refractivity contribution is 5.86. The lowest BCUT2D eigenvalue weighted by atomic mass is 10.1. The van der Waals surface area contributed by atoms with Crippen LogP contribution in [0.15, 0.2) is 54.6 Å². The molecule has 2 aromatic carbocycles. The number of carbonyl (C=O) groups excluding carboxylic acids is 3. The third kappa shape index (κ3) is 8.83. The van der Waals surface area contributed by atoms with Gasteiger partial charge in [-0.25, -0.2) is 4.79 Å². The van der Waals surface area contributed by atoms with Crippen LogP contribution in [0.2, 0.25) is 0 Å². The molecule has 0 aliphatic heterocycles. The van der Waals surface area contributed by atoms with Crippen LogP contribution in [0.5, 0.6) is 0 Å². The van der Waals surface area contributed by atoms with Gasteiger partial charge in [-0.2, -0.15) is 13.2 Å². The van der Waals surface area contributed by atoms with Crippen molar-refractivity contribution in [1.82, 2.24) is 10.6 Å². The van der Waals surface area contributed by atoms with Crippen molar-refractivity contribution in [3.63, 3.8) is 0 Å². The number of halogens is 3. The molecule has 2 rings (SSSR count). The number of hydrogen-bond acceptors (Lipinski definition) is 5. The van der Waals surface area contributed by atoms with E-state index in [0.29, 0.717) is 0 Å². The molecule has 33 heavy (non-hydrogen) atoms. The Morgan fingerprint density at radius 1 is 0.909 bits per heavy atom. The predicted octanol–water partition coefficient (Wildman–Crippen LogP) is 4.13. The van der Waals surface area contributed by atoms with E-state index < -0.39 is 48.0 Å². The Morgan fingerprint density at radius 3 is 2.06 bits per heavy atom. The summed E-state index contributed by atoms with van der Waals surface area (Å²) in [5.74, 6) is -1.70. The van der Waals surface area contributed by atoms with Crippen LogP contribution in [0.25, 0.3) is 0 Å². The van der Waals surface area contributed by atoms with Crippen molar-refractivity contribution in [3.05, 3.63) is 71.3 Å². The molecular weight excluding hydrogens is 441 g/mol. The highest BCUT2D eigenvalue weighted by Crippen LogP contribution is 2.30. The van der Waals surface area contributed by atoms with E-state index in [4.69, 9.17) is 9.47 Å². The normalized spacial score (nSPS) is 12.4. The fourth-order valence-corrected chi connectivity index (χ4v) is 2.63. The molecular formula is C23H25F3N2O5. The van der Waals surface area contributed by atoms with Gasteiger partial charge in [0, 0.05) is 12.1 Å². The number of amides is 2.